The van der Waals surface area contributed by atoms with E-state index in [2.05, 4.69) is 47.5 Å². The summed E-state index contributed by atoms with van der Waals surface area (Å²) in [7, 11) is 1.76. The second-order valence-electron chi connectivity index (χ2n) is 12.0. The van der Waals surface area contributed by atoms with Gasteiger partial charge in [-0.25, -0.2) is 4.98 Å². The molecule has 5 nitrogen and oxygen atoms in total. The number of amides is 1. The molecule has 2 aromatic rings. The van der Waals surface area contributed by atoms with Gasteiger partial charge in [-0.3, -0.25) is 4.79 Å². The molecule has 0 bridgehead atoms. The number of aromatic nitrogens is 1. The second kappa shape index (κ2) is 10.8. The van der Waals surface area contributed by atoms with Crippen LogP contribution in [-0.4, -0.2) is 48.6 Å². The van der Waals surface area contributed by atoms with Crippen molar-refractivity contribution in [1.82, 2.24) is 15.2 Å². The fourth-order valence-corrected chi connectivity index (χ4v) is 9.35. The van der Waals surface area contributed by atoms with Crippen LogP contribution in [0.4, 0.5) is 0 Å². The maximum absolute atomic E-state index is 14.6. The summed E-state index contributed by atoms with van der Waals surface area (Å²) < 4.78 is 5.62. The Bertz CT molecular complexity index is 1080. The van der Waals surface area contributed by atoms with Crippen LogP contribution in [0.5, 0.6) is 0 Å². The van der Waals surface area contributed by atoms with Crippen molar-refractivity contribution in [3.8, 4) is 0 Å². The Labute approximate surface area is 226 Å². The number of carbonyl (C=O) groups is 1. The standard InChI is InChI=1S/C31H43N3O2S/c1-21(36-2)29-33-26-14-9-16-31(28(26)37-29)20-32-19-25(31)30(35)34-17-15-24(22-10-5-3-6-11-22)18-27(34)23-12-7-4-8-13-23/h3,5-6,10-11,21,23-25,27,32H,4,7-9,12-20H2,1-2H3/t21?,24-,25?,27+,31-/m1/s1. The van der Waals surface area contributed by atoms with Gasteiger partial charge in [-0.2, -0.15) is 0 Å². The van der Waals surface area contributed by atoms with Gasteiger partial charge >= 0.3 is 0 Å². The molecule has 1 saturated carbocycles. The first-order valence-electron chi connectivity index (χ1n) is 14.7. The molecule has 6 rings (SSSR count). The fourth-order valence-electron chi connectivity index (χ4n) is 7.94. The van der Waals surface area contributed by atoms with Crippen molar-refractivity contribution in [3.05, 3.63) is 51.5 Å². The highest BCUT2D eigenvalue weighted by molar-refractivity contribution is 7.12. The molecule has 2 unspecified atom stereocenters. The SMILES string of the molecule is COC(C)c1nc2c(s1)[C@]1(CCC2)CNCC1C(=O)N1CC[C@@H](c2ccccc2)C[C@H]1C1CCCCC1. The Balaban J connectivity index is 1.30. The molecular weight excluding hydrogens is 478 g/mol. The molecule has 1 spiro atoms. The first-order valence-corrected chi connectivity index (χ1v) is 15.5. The van der Waals surface area contributed by atoms with Crippen LogP contribution in [0.1, 0.15) is 97.9 Å². The molecule has 4 aliphatic rings. The van der Waals surface area contributed by atoms with Gasteiger partial charge in [0.1, 0.15) is 11.1 Å². The maximum Gasteiger partial charge on any atom is 0.228 e. The summed E-state index contributed by atoms with van der Waals surface area (Å²) >= 11 is 1.81. The number of likely N-dealkylation sites (tertiary alicyclic amines) is 1. The largest absolute Gasteiger partial charge is 0.375 e. The van der Waals surface area contributed by atoms with E-state index in [9.17, 15) is 4.79 Å². The molecule has 3 fully saturated rings. The van der Waals surface area contributed by atoms with Crippen LogP contribution in [0, 0.1) is 11.8 Å². The molecule has 0 radical (unpaired) electrons. The summed E-state index contributed by atoms with van der Waals surface area (Å²) in [5.41, 5.74) is 2.57. The third-order valence-electron chi connectivity index (χ3n) is 10.1. The lowest BCUT2D eigenvalue weighted by atomic mass is 9.68. The first-order chi connectivity index (χ1) is 18.1. The third kappa shape index (κ3) is 4.68. The molecular formula is C31H43N3O2S. The number of ether oxygens (including phenoxy) is 1. The first kappa shape index (κ1) is 25.5. The average Bonchev–Trinajstić information content (AvgIpc) is 3.59. The van der Waals surface area contributed by atoms with Crippen molar-refractivity contribution in [2.45, 2.75) is 94.6 Å². The molecule has 6 heteroatoms. The number of aryl methyl sites for hydroxylation is 1. The number of rotatable bonds is 5. The number of piperidine rings is 1. The number of nitrogens with one attached hydrogen (secondary N) is 1. The summed E-state index contributed by atoms with van der Waals surface area (Å²) in [6.07, 6.45) is 12.0. The van der Waals surface area contributed by atoms with E-state index in [4.69, 9.17) is 9.72 Å². The van der Waals surface area contributed by atoms with Gasteiger partial charge in [0.25, 0.3) is 0 Å². The van der Waals surface area contributed by atoms with E-state index >= 15 is 0 Å². The van der Waals surface area contributed by atoms with Gasteiger partial charge in [-0.1, -0.05) is 49.6 Å². The smallest absolute Gasteiger partial charge is 0.228 e. The molecule has 2 aliphatic carbocycles. The number of hydrogen-bond donors (Lipinski definition) is 1. The minimum absolute atomic E-state index is 0.00357. The van der Waals surface area contributed by atoms with Gasteiger partial charge in [-0.15, -0.1) is 11.3 Å². The minimum atomic E-state index is -0.110. The van der Waals surface area contributed by atoms with Crippen LogP contribution >= 0.6 is 11.3 Å². The summed E-state index contributed by atoms with van der Waals surface area (Å²) in [6, 6.07) is 11.4. The Hall–Kier alpha value is -1.76. The topological polar surface area (TPSA) is 54.5 Å². The number of hydrogen-bond acceptors (Lipinski definition) is 5. The number of carbonyl (C=O) groups excluding carboxylic acids is 1. The van der Waals surface area contributed by atoms with Crippen LogP contribution in [0.25, 0.3) is 0 Å². The molecule has 2 saturated heterocycles. The van der Waals surface area contributed by atoms with Gasteiger partial charge in [0.2, 0.25) is 5.91 Å². The lowest BCUT2D eigenvalue weighted by Gasteiger charge is -2.47. The van der Waals surface area contributed by atoms with Crippen molar-refractivity contribution in [1.29, 1.82) is 0 Å². The zero-order valence-corrected chi connectivity index (χ0v) is 23.4. The van der Waals surface area contributed by atoms with Gasteiger partial charge in [0.15, 0.2) is 0 Å². The Kier molecular flexibility index (Phi) is 7.43. The van der Waals surface area contributed by atoms with Crippen molar-refractivity contribution in [2.75, 3.05) is 26.7 Å². The average molecular weight is 522 g/mol. The predicted octanol–water partition coefficient (Wildman–Crippen LogP) is 6.00. The van der Waals surface area contributed by atoms with Crippen LogP contribution in [0.3, 0.4) is 0 Å². The number of fused-ring (bicyclic) bond motifs is 2. The number of thiazole rings is 1. The van der Waals surface area contributed by atoms with E-state index in [1.54, 1.807) is 7.11 Å². The molecule has 200 valence electrons. The molecule has 1 aromatic heterocycles. The monoisotopic (exact) mass is 521 g/mol. The second-order valence-corrected chi connectivity index (χ2v) is 13.1. The van der Waals surface area contributed by atoms with E-state index in [1.165, 1.54) is 48.2 Å². The van der Waals surface area contributed by atoms with Crippen molar-refractivity contribution in [2.24, 2.45) is 11.8 Å². The van der Waals surface area contributed by atoms with Gasteiger partial charge in [0.05, 0.1) is 11.6 Å². The molecule has 2 aliphatic heterocycles. The Morgan fingerprint density at radius 3 is 2.76 bits per heavy atom. The van der Waals surface area contributed by atoms with E-state index in [-0.39, 0.29) is 17.4 Å². The van der Waals surface area contributed by atoms with Crippen molar-refractivity contribution in [3.63, 3.8) is 0 Å². The van der Waals surface area contributed by atoms with Crippen LogP contribution in [0.15, 0.2) is 30.3 Å². The lowest BCUT2D eigenvalue weighted by Crippen LogP contribution is -2.55. The number of benzene rings is 1. The summed E-state index contributed by atoms with van der Waals surface area (Å²) in [5, 5.41) is 4.74. The number of methoxy groups -OCH3 is 1. The van der Waals surface area contributed by atoms with Crippen LogP contribution < -0.4 is 5.32 Å². The molecule has 5 atom stereocenters. The summed E-state index contributed by atoms with van der Waals surface area (Å²) in [6.45, 7) is 4.67. The van der Waals surface area contributed by atoms with E-state index in [0.29, 0.717) is 23.8 Å². The van der Waals surface area contributed by atoms with E-state index in [1.807, 2.05) is 11.3 Å². The Morgan fingerprint density at radius 2 is 1.97 bits per heavy atom. The highest BCUT2D eigenvalue weighted by atomic mass is 32.1. The number of nitrogens with zero attached hydrogens (tertiary/aromatic N) is 2. The summed E-state index contributed by atoms with van der Waals surface area (Å²) in [4.78, 5) is 23.4. The fraction of sp³-hybridized carbons (Fsp3) is 0.677. The maximum atomic E-state index is 14.6. The van der Waals surface area contributed by atoms with Crippen LogP contribution in [-0.2, 0) is 21.4 Å². The zero-order valence-electron chi connectivity index (χ0n) is 22.6. The van der Waals surface area contributed by atoms with Crippen LogP contribution in [0.2, 0.25) is 0 Å². The van der Waals surface area contributed by atoms with Gasteiger partial charge < -0.3 is 15.0 Å². The minimum Gasteiger partial charge on any atom is -0.375 e. The third-order valence-corrected chi connectivity index (χ3v) is 11.5. The summed E-state index contributed by atoms with van der Waals surface area (Å²) in [5.74, 6) is 1.63. The molecule has 1 aromatic carbocycles. The van der Waals surface area contributed by atoms with E-state index in [0.717, 1.165) is 56.7 Å². The predicted molar refractivity (Wildman–Crippen MR) is 149 cm³/mol. The molecule has 1 N–H and O–H groups in total. The Morgan fingerprint density at radius 1 is 1.16 bits per heavy atom. The zero-order chi connectivity index (χ0) is 25.4. The normalized spacial score (nSPS) is 31.4. The van der Waals surface area contributed by atoms with Crippen molar-refractivity contribution < 1.29 is 9.53 Å². The van der Waals surface area contributed by atoms with Gasteiger partial charge in [-0.05, 0) is 69.3 Å². The highest BCUT2D eigenvalue weighted by Crippen LogP contribution is 2.50. The lowest BCUT2D eigenvalue weighted by molar-refractivity contribution is -0.143. The molecule has 37 heavy (non-hydrogen) atoms. The van der Waals surface area contributed by atoms with Crippen molar-refractivity contribution >= 4 is 17.2 Å². The molecule has 1 amide bonds. The quantitative estimate of drug-likeness (QED) is 0.524. The highest BCUT2D eigenvalue weighted by Gasteiger charge is 2.53. The molecule has 3 heterocycles. The van der Waals surface area contributed by atoms with Gasteiger partial charge in [0, 0.05) is 43.1 Å². The van der Waals surface area contributed by atoms with E-state index < -0.39 is 0 Å².